The molecule has 0 bridgehead atoms. The van der Waals surface area contributed by atoms with Crippen molar-refractivity contribution in [2.45, 2.75) is 37.5 Å². The van der Waals surface area contributed by atoms with E-state index in [1.165, 1.54) is 0 Å². The summed E-state index contributed by atoms with van der Waals surface area (Å²) in [6.45, 7) is 1.67. The zero-order valence-electron chi connectivity index (χ0n) is 9.93. The van der Waals surface area contributed by atoms with Crippen LogP contribution in [-0.4, -0.2) is 46.9 Å². The fourth-order valence-electron chi connectivity index (χ4n) is 2.07. The lowest BCUT2D eigenvalue weighted by Crippen LogP contribution is -2.54. The average Bonchev–Trinajstić information content (AvgIpc) is 2.18. The van der Waals surface area contributed by atoms with E-state index >= 15 is 0 Å². The monoisotopic (exact) mass is 244 g/mol. The molecule has 1 rings (SSSR count). The number of carbonyl (C=O) groups is 1. The molecule has 0 aliphatic carbocycles. The fourth-order valence-corrected chi connectivity index (χ4v) is 2.07. The molecular formula is C10H21BN2O4. The van der Waals surface area contributed by atoms with Gasteiger partial charge in [-0.05, 0) is 38.2 Å². The van der Waals surface area contributed by atoms with E-state index in [4.69, 9.17) is 20.9 Å². The summed E-state index contributed by atoms with van der Waals surface area (Å²) in [4.78, 5) is 11.2. The van der Waals surface area contributed by atoms with Crippen LogP contribution in [0.5, 0.6) is 0 Å². The van der Waals surface area contributed by atoms with Gasteiger partial charge in [0, 0.05) is 0 Å². The third-order valence-electron chi connectivity index (χ3n) is 3.28. The summed E-state index contributed by atoms with van der Waals surface area (Å²) in [5.74, 6) is -0.617. The first-order valence-corrected chi connectivity index (χ1v) is 6.03. The Morgan fingerprint density at radius 1 is 1.41 bits per heavy atom. The van der Waals surface area contributed by atoms with Crippen LogP contribution in [0.1, 0.15) is 25.7 Å². The van der Waals surface area contributed by atoms with E-state index in [1.807, 2.05) is 0 Å². The number of nitrogens with two attached hydrogens (primary N) is 1. The fraction of sp³-hybridized carbons (Fsp3) is 0.900. The largest absolute Gasteiger partial charge is 0.480 e. The highest BCUT2D eigenvalue weighted by Gasteiger charge is 2.37. The number of aliphatic carboxylic acids is 1. The molecule has 6 N–H and O–H groups in total. The number of carboxylic acids is 1. The van der Waals surface area contributed by atoms with Crippen LogP contribution in [0.3, 0.4) is 0 Å². The third kappa shape index (κ3) is 4.63. The highest BCUT2D eigenvalue weighted by molar-refractivity contribution is 6.40. The topological polar surface area (TPSA) is 116 Å². The minimum absolute atomic E-state index is 0.265. The Balaban J connectivity index is 2.33. The van der Waals surface area contributed by atoms with Crippen LogP contribution in [0, 0.1) is 5.92 Å². The molecule has 1 saturated heterocycles. The van der Waals surface area contributed by atoms with Gasteiger partial charge >= 0.3 is 13.1 Å². The van der Waals surface area contributed by atoms with Gasteiger partial charge in [0.25, 0.3) is 0 Å². The van der Waals surface area contributed by atoms with Crippen LogP contribution in [0.4, 0.5) is 0 Å². The molecule has 1 aliphatic rings. The molecule has 1 unspecified atom stereocenters. The van der Waals surface area contributed by atoms with Gasteiger partial charge in [-0.3, -0.25) is 4.79 Å². The first-order valence-electron chi connectivity index (χ1n) is 6.03. The van der Waals surface area contributed by atoms with Gasteiger partial charge in [-0.1, -0.05) is 12.8 Å². The van der Waals surface area contributed by atoms with Gasteiger partial charge in [-0.15, -0.1) is 0 Å². The zero-order valence-corrected chi connectivity index (χ0v) is 9.93. The van der Waals surface area contributed by atoms with Crippen molar-refractivity contribution in [3.63, 3.8) is 0 Å². The Bertz CT molecular complexity index is 261. The van der Waals surface area contributed by atoms with Crippen molar-refractivity contribution in [2.75, 3.05) is 13.1 Å². The molecular weight excluding hydrogens is 223 g/mol. The highest BCUT2D eigenvalue weighted by atomic mass is 16.4. The predicted molar refractivity (Wildman–Crippen MR) is 64.4 cm³/mol. The molecule has 0 aromatic heterocycles. The lowest BCUT2D eigenvalue weighted by molar-refractivity contribution is -0.144. The van der Waals surface area contributed by atoms with Crippen molar-refractivity contribution < 1.29 is 19.9 Å². The molecule has 1 atom stereocenters. The summed E-state index contributed by atoms with van der Waals surface area (Å²) < 4.78 is 0. The van der Waals surface area contributed by atoms with Gasteiger partial charge in [-0.2, -0.15) is 0 Å². The van der Waals surface area contributed by atoms with Crippen LogP contribution in [-0.2, 0) is 4.79 Å². The highest BCUT2D eigenvalue weighted by Crippen LogP contribution is 2.24. The van der Waals surface area contributed by atoms with Crippen molar-refractivity contribution in [3.8, 4) is 0 Å². The molecule has 98 valence electrons. The predicted octanol–water partition coefficient (Wildman–Crippen LogP) is -0.979. The number of unbranched alkanes of at least 4 members (excludes halogenated alkanes) is 1. The van der Waals surface area contributed by atoms with Crippen molar-refractivity contribution in [3.05, 3.63) is 0 Å². The molecule has 0 aromatic carbocycles. The Labute approximate surface area is 101 Å². The molecule has 1 aliphatic heterocycles. The maximum atomic E-state index is 11.2. The number of carboxylic acid groups (broad SMARTS) is 1. The number of rotatable bonds is 8. The quantitative estimate of drug-likeness (QED) is 0.277. The minimum atomic E-state index is -1.32. The maximum Gasteiger partial charge on any atom is 0.451 e. The van der Waals surface area contributed by atoms with E-state index in [9.17, 15) is 4.79 Å². The van der Waals surface area contributed by atoms with E-state index in [1.54, 1.807) is 0 Å². The number of hydrogen-bond donors (Lipinski definition) is 5. The van der Waals surface area contributed by atoms with Gasteiger partial charge in [-0.25, -0.2) is 0 Å². The second kappa shape index (κ2) is 6.35. The van der Waals surface area contributed by atoms with Crippen molar-refractivity contribution in [1.82, 2.24) is 5.32 Å². The SMILES string of the molecule is NC(CCCCB(O)O)(CC1CNC1)C(=O)O. The van der Waals surface area contributed by atoms with E-state index < -0.39 is 18.6 Å². The molecule has 1 fully saturated rings. The molecule has 0 spiro atoms. The molecule has 0 aromatic rings. The van der Waals surface area contributed by atoms with Crippen LogP contribution < -0.4 is 11.1 Å². The molecule has 0 radical (unpaired) electrons. The van der Waals surface area contributed by atoms with Gasteiger partial charge in [0.15, 0.2) is 0 Å². The maximum absolute atomic E-state index is 11.2. The molecule has 7 heteroatoms. The molecule has 6 nitrogen and oxygen atoms in total. The van der Waals surface area contributed by atoms with Gasteiger partial charge < -0.3 is 26.2 Å². The molecule has 0 saturated carbocycles. The zero-order chi connectivity index (χ0) is 12.9. The van der Waals surface area contributed by atoms with E-state index in [0.717, 1.165) is 13.1 Å². The lowest BCUT2D eigenvalue weighted by Gasteiger charge is -2.34. The molecule has 17 heavy (non-hydrogen) atoms. The van der Waals surface area contributed by atoms with Crippen LogP contribution in [0.25, 0.3) is 0 Å². The first kappa shape index (κ1) is 14.4. The van der Waals surface area contributed by atoms with Crippen molar-refractivity contribution in [1.29, 1.82) is 0 Å². The van der Waals surface area contributed by atoms with E-state index in [-0.39, 0.29) is 6.32 Å². The third-order valence-corrected chi connectivity index (χ3v) is 3.28. The second-order valence-electron chi connectivity index (χ2n) is 4.92. The van der Waals surface area contributed by atoms with E-state index in [0.29, 0.717) is 31.6 Å². The van der Waals surface area contributed by atoms with Crippen LogP contribution >= 0.6 is 0 Å². The summed E-state index contributed by atoms with van der Waals surface area (Å²) in [5.41, 5.74) is 4.74. The second-order valence-corrected chi connectivity index (χ2v) is 4.92. The van der Waals surface area contributed by atoms with Crippen LogP contribution in [0.15, 0.2) is 0 Å². The summed E-state index contributed by atoms with van der Waals surface area (Å²) >= 11 is 0. The first-order chi connectivity index (χ1) is 7.94. The smallest absolute Gasteiger partial charge is 0.451 e. The van der Waals surface area contributed by atoms with Gasteiger partial charge in [0.2, 0.25) is 0 Å². The van der Waals surface area contributed by atoms with Crippen molar-refractivity contribution in [2.24, 2.45) is 11.7 Å². The van der Waals surface area contributed by atoms with E-state index in [2.05, 4.69) is 5.32 Å². The number of nitrogens with one attached hydrogen (secondary N) is 1. The summed E-state index contributed by atoms with van der Waals surface area (Å²) in [7, 11) is -1.32. The van der Waals surface area contributed by atoms with Crippen molar-refractivity contribution >= 4 is 13.1 Å². The summed E-state index contributed by atoms with van der Waals surface area (Å²) in [6.07, 6.45) is 2.30. The van der Waals surface area contributed by atoms with Crippen LogP contribution in [0.2, 0.25) is 6.32 Å². The normalized spacial score (nSPS) is 19.5. The standard InChI is InChI=1S/C10H21BN2O4/c12-10(9(14)15,5-8-6-13-7-8)3-1-2-4-11(16)17/h8,13,16-17H,1-7,12H2,(H,14,15). The van der Waals surface area contributed by atoms with Gasteiger partial charge in [0.1, 0.15) is 5.54 Å². The van der Waals surface area contributed by atoms with Gasteiger partial charge in [0.05, 0.1) is 0 Å². The molecule has 0 amide bonds. The Morgan fingerprint density at radius 3 is 2.47 bits per heavy atom. The average molecular weight is 244 g/mol. The summed E-state index contributed by atoms with van der Waals surface area (Å²) in [6, 6.07) is 0. The molecule has 1 heterocycles. The Kier molecular flexibility index (Phi) is 5.39. The minimum Gasteiger partial charge on any atom is -0.480 e. The Hall–Kier alpha value is -0.625. The summed E-state index contributed by atoms with van der Waals surface area (Å²) in [5, 5.41) is 29.6. The lowest BCUT2D eigenvalue weighted by atomic mass is 9.79. The number of hydrogen-bond acceptors (Lipinski definition) is 5. The Morgan fingerprint density at radius 2 is 2.06 bits per heavy atom.